The van der Waals surface area contributed by atoms with E-state index in [4.69, 9.17) is 26.4 Å². The average Bonchev–Trinajstić information content (AvgIpc) is 3.15. The molecule has 0 spiro atoms. The van der Waals surface area contributed by atoms with E-state index < -0.39 is 5.97 Å². The second-order valence-corrected chi connectivity index (χ2v) is 8.92. The lowest BCUT2D eigenvalue weighted by molar-refractivity contribution is -0.113. The molecule has 3 aromatic rings. The lowest BCUT2D eigenvalue weighted by Crippen LogP contribution is -2.27. The minimum Gasteiger partial charge on any atom is -0.493 e. The van der Waals surface area contributed by atoms with E-state index >= 15 is 0 Å². The van der Waals surface area contributed by atoms with Crippen LogP contribution in [0.15, 0.2) is 77.7 Å². The molecule has 1 aliphatic heterocycles. The average molecular weight is 492 g/mol. The number of rotatable bonds is 7. The summed E-state index contributed by atoms with van der Waals surface area (Å²) < 4.78 is 16.5. The molecule has 0 aliphatic carbocycles. The Hall–Kier alpha value is -3.62. The molecule has 172 valence electrons. The summed E-state index contributed by atoms with van der Waals surface area (Å²) in [7, 11) is 2.89. The van der Waals surface area contributed by atoms with Crippen molar-refractivity contribution in [1.29, 1.82) is 0 Å². The molecule has 3 aromatic carbocycles. The van der Waals surface area contributed by atoms with Crippen molar-refractivity contribution in [2.75, 3.05) is 19.1 Å². The molecule has 1 aliphatic rings. The molecular weight excluding hydrogens is 470 g/mol. The first-order chi connectivity index (χ1) is 16.5. The van der Waals surface area contributed by atoms with E-state index in [2.05, 4.69) is 0 Å². The van der Waals surface area contributed by atoms with Crippen molar-refractivity contribution >= 4 is 51.9 Å². The lowest BCUT2D eigenvalue weighted by Gasteiger charge is -2.14. The molecule has 0 atom stereocenters. The van der Waals surface area contributed by atoms with Gasteiger partial charge in [-0.3, -0.25) is 9.69 Å². The molecule has 1 saturated heterocycles. The number of ether oxygens (including phenoxy) is 3. The van der Waals surface area contributed by atoms with E-state index in [0.717, 1.165) is 11.1 Å². The van der Waals surface area contributed by atoms with Crippen LogP contribution in [0.1, 0.15) is 21.5 Å². The summed E-state index contributed by atoms with van der Waals surface area (Å²) in [6, 6.07) is 21.9. The van der Waals surface area contributed by atoms with Crippen LogP contribution in [0.5, 0.6) is 11.5 Å². The van der Waals surface area contributed by atoms with Gasteiger partial charge in [0.25, 0.3) is 5.91 Å². The van der Waals surface area contributed by atoms with E-state index in [1.807, 2.05) is 48.5 Å². The molecule has 0 unspecified atom stereocenters. The van der Waals surface area contributed by atoms with Crippen LogP contribution < -0.4 is 14.4 Å². The maximum atomic E-state index is 13.1. The van der Waals surface area contributed by atoms with Gasteiger partial charge in [-0.25, -0.2) is 4.79 Å². The first-order valence-electron chi connectivity index (χ1n) is 10.3. The van der Waals surface area contributed by atoms with Gasteiger partial charge in [-0.2, -0.15) is 0 Å². The number of carbonyl (C=O) groups is 2. The van der Waals surface area contributed by atoms with Crippen molar-refractivity contribution in [3.8, 4) is 11.5 Å². The Labute approximate surface area is 207 Å². The highest BCUT2D eigenvalue weighted by atomic mass is 32.2. The fourth-order valence-electron chi connectivity index (χ4n) is 3.33. The van der Waals surface area contributed by atoms with Crippen molar-refractivity contribution in [2.45, 2.75) is 6.61 Å². The molecule has 4 rings (SSSR count). The normalized spacial score (nSPS) is 14.4. The highest BCUT2D eigenvalue weighted by Crippen LogP contribution is 2.37. The molecule has 1 fully saturated rings. The number of methoxy groups -OCH3 is 2. The van der Waals surface area contributed by atoms with Gasteiger partial charge in [0.2, 0.25) is 0 Å². The molecule has 8 heteroatoms. The molecule has 0 saturated carbocycles. The predicted molar refractivity (Wildman–Crippen MR) is 137 cm³/mol. The third kappa shape index (κ3) is 5.13. The van der Waals surface area contributed by atoms with Crippen LogP contribution in [0.2, 0.25) is 0 Å². The number of thioether (sulfide) groups is 1. The van der Waals surface area contributed by atoms with E-state index in [9.17, 15) is 9.59 Å². The zero-order valence-corrected chi connectivity index (χ0v) is 20.2. The van der Waals surface area contributed by atoms with Crippen molar-refractivity contribution < 1.29 is 23.8 Å². The summed E-state index contributed by atoms with van der Waals surface area (Å²) in [4.78, 5) is 26.7. The number of hydrogen-bond donors (Lipinski definition) is 0. The van der Waals surface area contributed by atoms with Crippen molar-refractivity contribution in [1.82, 2.24) is 0 Å². The number of nitrogens with zero attached hydrogens (tertiary/aromatic N) is 1. The Kier molecular flexibility index (Phi) is 7.30. The van der Waals surface area contributed by atoms with Crippen LogP contribution in [0.25, 0.3) is 6.08 Å². The summed E-state index contributed by atoms with van der Waals surface area (Å²) in [5, 5.41) is 0. The number of carbonyl (C=O) groups excluding carboxylic acids is 2. The highest BCUT2D eigenvalue weighted by molar-refractivity contribution is 8.27. The van der Waals surface area contributed by atoms with Gasteiger partial charge in [-0.1, -0.05) is 60.4 Å². The van der Waals surface area contributed by atoms with Crippen LogP contribution in [-0.4, -0.2) is 30.4 Å². The Morgan fingerprint density at radius 1 is 1.00 bits per heavy atom. The van der Waals surface area contributed by atoms with Crippen molar-refractivity contribution in [2.24, 2.45) is 0 Å². The fourth-order valence-corrected chi connectivity index (χ4v) is 4.63. The minimum absolute atomic E-state index is 0.232. The van der Waals surface area contributed by atoms with Crippen LogP contribution in [0.4, 0.5) is 5.69 Å². The standard InChI is InChI=1S/C26H21NO5S2/c1-30-22-14-18(8-13-21(22)32-16-17-6-4-3-5-7-17)15-23-24(28)27(26(33)34-23)20-11-9-19(10-12-20)25(29)31-2/h3-15H,16H2,1-2H3/b23-15-. The van der Waals surface area contributed by atoms with Gasteiger partial charge in [-0.05, 0) is 53.6 Å². The Morgan fingerprint density at radius 3 is 2.41 bits per heavy atom. The summed E-state index contributed by atoms with van der Waals surface area (Å²) in [5.74, 6) is 0.506. The smallest absolute Gasteiger partial charge is 0.337 e. The fraction of sp³-hybridized carbons (Fsp3) is 0.115. The molecule has 6 nitrogen and oxygen atoms in total. The topological polar surface area (TPSA) is 65.1 Å². The number of hydrogen-bond acceptors (Lipinski definition) is 7. The summed E-state index contributed by atoms with van der Waals surface area (Å²) in [6.45, 7) is 0.421. The van der Waals surface area contributed by atoms with Gasteiger partial charge in [0.05, 0.1) is 30.4 Å². The first-order valence-corrected chi connectivity index (χ1v) is 11.5. The van der Waals surface area contributed by atoms with Crippen LogP contribution in [-0.2, 0) is 16.1 Å². The van der Waals surface area contributed by atoms with Gasteiger partial charge >= 0.3 is 5.97 Å². The summed E-state index contributed by atoms with van der Waals surface area (Å²) in [6.07, 6.45) is 1.77. The number of amides is 1. The lowest BCUT2D eigenvalue weighted by atomic mass is 10.1. The predicted octanol–water partition coefficient (Wildman–Crippen LogP) is 5.47. The molecule has 0 radical (unpaired) electrons. The van der Waals surface area contributed by atoms with E-state index in [1.165, 1.54) is 23.8 Å². The van der Waals surface area contributed by atoms with Crippen molar-refractivity contribution in [3.63, 3.8) is 0 Å². The second kappa shape index (κ2) is 10.5. The quantitative estimate of drug-likeness (QED) is 0.247. The van der Waals surface area contributed by atoms with Gasteiger partial charge in [0.1, 0.15) is 6.61 Å². The van der Waals surface area contributed by atoms with Crippen molar-refractivity contribution in [3.05, 3.63) is 94.4 Å². The number of benzene rings is 3. The number of thiocarbonyl (C=S) groups is 1. The highest BCUT2D eigenvalue weighted by Gasteiger charge is 2.33. The molecule has 0 aromatic heterocycles. The van der Waals surface area contributed by atoms with Crippen LogP contribution in [0, 0.1) is 0 Å². The third-order valence-electron chi connectivity index (χ3n) is 5.06. The molecule has 0 bridgehead atoms. The number of esters is 1. The van der Waals surface area contributed by atoms with Gasteiger partial charge in [0, 0.05) is 0 Å². The van der Waals surface area contributed by atoms with Gasteiger partial charge < -0.3 is 14.2 Å². The van der Waals surface area contributed by atoms with Gasteiger partial charge in [0.15, 0.2) is 15.8 Å². The zero-order chi connectivity index (χ0) is 24.1. The Balaban J connectivity index is 1.51. The summed E-state index contributed by atoms with van der Waals surface area (Å²) in [5.41, 5.74) is 2.82. The molecule has 0 N–H and O–H groups in total. The van der Waals surface area contributed by atoms with E-state index in [0.29, 0.717) is 38.6 Å². The monoisotopic (exact) mass is 491 g/mol. The molecule has 1 heterocycles. The Morgan fingerprint density at radius 2 is 1.74 bits per heavy atom. The molecular formula is C26H21NO5S2. The molecule has 1 amide bonds. The van der Waals surface area contributed by atoms with E-state index in [-0.39, 0.29) is 5.91 Å². The SMILES string of the molecule is COC(=O)c1ccc(N2C(=O)/C(=C/c3ccc(OCc4ccccc4)c(OC)c3)SC2=S)cc1. The largest absolute Gasteiger partial charge is 0.493 e. The van der Waals surface area contributed by atoms with Crippen LogP contribution >= 0.6 is 24.0 Å². The summed E-state index contributed by atoms with van der Waals surface area (Å²) >= 11 is 6.66. The Bertz CT molecular complexity index is 1260. The maximum absolute atomic E-state index is 13.1. The number of anilines is 1. The minimum atomic E-state index is -0.443. The third-order valence-corrected chi connectivity index (χ3v) is 6.37. The zero-order valence-electron chi connectivity index (χ0n) is 18.5. The van der Waals surface area contributed by atoms with Crippen LogP contribution in [0.3, 0.4) is 0 Å². The van der Waals surface area contributed by atoms with Gasteiger partial charge in [-0.15, -0.1) is 0 Å². The maximum Gasteiger partial charge on any atom is 0.337 e. The second-order valence-electron chi connectivity index (χ2n) is 7.24. The van der Waals surface area contributed by atoms with E-state index in [1.54, 1.807) is 37.5 Å². The first kappa shape index (κ1) is 23.5. The molecule has 34 heavy (non-hydrogen) atoms.